The van der Waals surface area contributed by atoms with Crippen LogP contribution in [0.25, 0.3) is 0 Å². The molecular weight excluding hydrogens is 262 g/mol. The Kier molecular flexibility index (Phi) is 6.70. The third kappa shape index (κ3) is 5.14. The molecule has 0 radical (unpaired) electrons. The molecule has 1 aromatic rings. The van der Waals surface area contributed by atoms with E-state index in [-0.39, 0.29) is 11.9 Å². The summed E-state index contributed by atoms with van der Waals surface area (Å²) in [6.07, 6.45) is 3.31. The minimum absolute atomic E-state index is 0.0283. The first-order valence-electron chi connectivity index (χ1n) is 8.07. The summed E-state index contributed by atoms with van der Waals surface area (Å²) in [4.78, 5) is 14.7. The minimum Gasteiger partial charge on any atom is -0.353 e. The largest absolute Gasteiger partial charge is 0.353 e. The Bertz CT molecular complexity index is 421. The summed E-state index contributed by atoms with van der Waals surface area (Å²) in [5.74, 6) is 0.184. The molecule has 116 valence electrons. The fourth-order valence-electron chi connectivity index (χ4n) is 2.86. The van der Waals surface area contributed by atoms with E-state index in [4.69, 9.17) is 0 Å². The van der Waals surface area contributed by atoms with Crippen LogP contribution in [-0.4, -0.2) is 43.0 Å². The number of amides is 1. The lowest BCUT2D eigenvalue weighted by Gasteiger charge is -2.34. The Morgan fingerprint density at radius 1 is 1.24 bits per heavy atom. The van der Waals surface area contributed by atoms with E-state index >= 15 is 0 Å². The van der Waals surface area contributed by atoms with E-state index in [0.717, 1.165) is 39.0 Å². The molecule has 2 N–H and O–H groups in total. The molecule has 0 aliphatic carbocycles. The molecule has 1 aliphatic heterocycles. The summed E-state index contributed by atoms with van der Waals surface area (Å²) < 4.78 is 0. The van der Waals surface area contributed by atoms with Gasteiger partial charge in [0.25, 0.3) is 0 Å². The zero-order chi connectivity index (χ0) is 14.9. The number of nitrogens with one attached hydrogen (secondary N) is 2. The zero-order valence-electron chi connectivity index (χ0n) is 13.0. The molecule has 1 aliphatic rings. The standard InChI is InChI=1S/C17H27N3O/c1-2-18-11-12-19-17(21)16-10-6-7-13-20(16)14-15-8-4-3-5-9-15/h3-5,8-9,16,18H,2,6-7,10-14H2,1H3,(H,19,21). The van der Waals surface area contributed by atoms with E-state index in [1.54, 1.807) is 0 Å². The molecule has 1 saturated heterocycles. The topological polar surface area (TPSA) is 44.4 Å². The van der Waals surface area contributed by atoms with Crippen LogP contribution in [0, 0.1) is 0 Å². The molecule has 1 unspecified atom stereocenters. The molecule has 21 heavy (non-hydrogen) atoms. The van der Waals surface area contributed by atoms with Gasteiger partial charge in [-0.25, -0.2) is 0 Å². The van der Waals surface area contributed by atoms with Crippen molar-refractivity contribution in [2.24, 2.45) is 0 Å². The van der Waals surface area contributed by atoms with E-state index in [1.807, 2.05) is 6.07 Å². The SMILES string of the molecule is CCNCCNC(=O)C1CCCCN1Cc1ccccc1. The average molecular weight is 289 g/mol. The van der Waals surface area contributed by atoms with Gasteiger partial charge < -0.3 is 10.6 Å². The molecular formula is C17H27N3O. The van der Waals surface area contributed by atoms with Crippen LogP contribution in [0.2, 0.25) is 0 Å². The van der Waals surface area contributed by atoms with Crippen molar-refractivity contribution in [3.05, 3.63) is 35.9 Å². The van der Waals surface area contributed by atoms with E-state index in [1.165, 1.54) is 12.0 Å². The van der Waals surface area contributed by atoms with E-state index < -0.39 is 0 Å². The van der Waals surface area contributed by atoms with Gasteiger partial charge >= 0.3 is 0 Å². The predicted octanol–water partition coefficient (Wildman–Crippen LogP) is 1.77. The molecule has 4 heteroatoms. The van der Waals surface area contributed by atoms with Crippen molar-refractivity contribution in [3.8, 4) is 0 Å². The summed E-state index contributed by atoms with van der Waals surface area (Å²) in [6.45, 7) is 6.45. The first kappa shape index (κ1) is 16.0. The number of hydrogen-bond acceptors (Lipinski definition) is 3. The van der Waals surface area contributed by atoms with Crippen molar-refractivity contribution < 1.29 is 4.79 Å². The summed E-state index contributed by atoms with van der Waals surface area (Å²) >= 11 is 0. The molecule has 0 aromatic heterocycles. The summed E-state index contributed by atoms with van der Waals surface area (Å²) in [7, 11) is 0. The van der Waals surface area contributed by atoms with Gasteiger partial charge in [0.2, 0.25) is 5.91 Å². The Balaban J connectivity index is 1.87. The lowest BCUT2D eigenvalue weighted by molar-refractivity contribution is -0.127. The van der Waals surface area contributed by atoms with E-state index in [0.29, 0.717) is 6.54 Å². The van der Waals surface area contributed by atoms with Gasteiger partial charge in [-0.15, -0.1) is 0 Å². The van der Waals surface area contributed by atoms with Crippen LogP contribution in [0.4, 0.5) is 0 Å². The second-order valence-corrected chi connectivity index (χ2v) is 5.61. The highest BCUT2D eigenvalue weighted by Crippen LogP contribution is 2.19. The van der Waals surface area contributed by atoms with Crippen molar-refractivity contribution in [1.29, 1.82) is 0 Å². The number of benzene rings is 1. The first-order chi connectivity index (χ1) is 10.3. The average Bonchev–Trinajstić information content (AvgIpc) is 2.53. The van der Waals surface area contributed by atoms with Gasteiger partial charge in [-0.2, -0.15) is 0 Å². The highest BCUT2D eigenvalue weighted by molar-refractivity contribution is 5.81. The number of likely N-dealkylation sites (N-methyl/N-ethyl adjacent to an activating group) is 1. The summed E-state index contributed by atoms with van der Waals surface area (Å²) in [6, 6.07) is 10.4. The van der Waals surface area contributed by atoms with Crippen LogP contribution in [0.1, 0.15) is 31.7 Å². The number of likely N-dealkylation sites (tertiary alicyclic amines) is 1. The highest BCUT2D eigenvalue weighted by Gasteiger charge is 2.28. The van der Waals surface area contributed by atoms with Gasteiger partial charge in [-0.05, 0) is 31.5 Å². The number of rotatable bonds is 7. The van der Waals surface area contributed by atoms with Gasteiger partial charge in [0.1, 0.15) is 0 Å². The molecule has 0 saturated carbocycles. The van der Waals surface area contributed by atoms with Crippen molar-refractivity contribution >= 4 is 5.91 Å². The first-order valence-corrected chi connectivity index (χ1v) is 8.07. The van der Waals surface area contributed by atoms with Crippen LogP contribution >= 0.6 is 0 Å². The van der Waals surface area contributed by atoms with Crippen molar-refractivity contribution in [1.82, 2.24) is 15.5 Å². The second-order valence-electron chi connectivity index (χ2n) is 5.61. The smallest absolute Gasteiger partial charge is 0.237 e. The molecule has 1 fully saturated rings. The van der Waals surface area contributed by atoms with Crippen molar-refractivity contribution in [2.75, 3.05) is 26.2 Å². The van der Waals surface area contributed by atoms with Crippen LogP contribution < -0.4 is 10.6 Å². The third-order valence-electron chi connectivity index (χ3n) is 4.00. The molecule has 1 aromatic carbocycles. The van der Waals surface area contributed by atoms with Gasteiger partial charge in [-0.1, -0.05) is 43.7 Å². The Morgan fingerprint density at radius 3 is 2.81 bits per heavy atom. The van der Waals surface area contributed by atoms with Crippen molar-refractivity contribution in [2.45, 2.75) is 38.8 Å². The number of nitrogens with zero attached hydrogens (tertiary/aromatic N) is 1. The third-order valence-corrected chi connectivity index (χ3v) is 4.00. The van der Waals surface area contributed by atoms with Crippen LogP contribution in [0.15, 0.2) is 30.3 Å². The van der Waals surface area contributed by atoms with Gasteiger partial charge in [-0.3, -0.25) is 9.69 Å². The Hall–Kier alpha value is -1.39. The van der Waals surface area contributed by atoms with Gasteiger partial charge in [0, 0.05) is 19.6 Å². The van der Waals surface area contributed by atoms with Crippen LogP contribution in [-0.2, 0) is 11.3 Å². The lowest BCUT2D eigenvalue weighted by atomic mass is 10.0. The molecule has 0 bridgehead atoms. The fourth-order valence-corrected chi connectivity index (χ4v) is 2.86. The van der Waals surface area contributed by atoms with Crippen molar-refractivity contribution in [3.63, 3.8) is 0 Å². The maximum absolute atomic E-state index is 12.4. The van der Waals surface area contributed by atoms with E-state index in [2.05, 4.69) is 46.7 Å². The van der Waals surface area contributed by atoms with Gasteiger partial charge in [0.05, 0.1) is 6.04 Å². The monoisotopic (exact) mass is 289 g/mol. The second kappa shape index (κ2) is 8.80. The summed E-state index contributed by atoms with van der Waals surface area (Å²) in [5, 5.41) is 6.29. The molecule has 1 amide bonds. The normalized spacial score (nSPS) is 19.4. The minimum atomic E-state index is 0.0283. The molecule has 0 spiro atoms. The Labute approximate surface area is 127 Å². The number of hydrogen-bond donors (Lipinski definition) is 2. The predicted molar refractivity (Wildman–Crippen MR) is 86.0 cm³/mol. The lowest BCUT2D eigenvalue weighted by Crippen LogP contribution is -2.50. The molecule has 1 heterocycles. The Morgan fingerprint density at radius 2 is 2.05 bits per heavy atom. The molecule has 2 rings (SSSR count). The maximum Gasteiger partial charge on any atom is 0.237 e. The summed E-state index contributed by atoms with van der Waals surface area (Å²) in [5.41, 5.74) is 1.28. The number of carbonyl (C=O) groups is 1. The maximum atomic E-state index is 12.4. The zero-order valence-corrected chi connectivity index (χ0v) is 13.0. The van der Waals surface area contributed by atoms with Crippen LogP contribution in [0.5, 0.6) is 0 Å². The fraction of sp³-hybridized carbons (Fsp3) is 0.588. The van der Waals surface area contributed by atoms with Crippen LogP contribution in [0.3, 0.4) is 0 Å². The molecule has 4 nitrogen and oxygen atoms in total. The number of carbonyl (C=O) groups excluding carboxylic acids is 1. The quantitative estimate of drug-likeness (QED) is 0.752. The number of piperidine rings is 1. The van der Waals surface area contributed by atoms with Gasteiger partial charge in [0.15, 0.2) is 0 Å². The molecule has 1 atom stereocenters. The van der Waals surface area contributed by atoms with E-state index in [9.17, 15) is 4.79 Å². The highest BCUT2D eigenvalue weighted by atomic mass is 16.2.